The Morgan fingerprint density at radius 3 is 2.88 bits per heavy atom. The number of aryl methyl sites for hydroxylation is 1. The molecule has 0 aliphatic heterocycles. The molecule has 0 bridgehead atoms. The van der Waals surface area contributed by atoms with Gasteiger partial charge < -0.3 is 16.2 Å². The number of carbonyl (C=O) groups excluding carboxylic acids is 1. The Morgan fingerprint density at radius 1 is 1.53 bits per heavy atom. The van der Waals surface area contributed by atoms with Crippen molar-refractivity contribution in [2.24, 2.45) is 5.92 Å². The Morgan fingerprint density at radius 2 is 2.24 bits per heavy atom. The molecule has 0 spiro atoms. The van der Waals surface area contributed by atoms with E-state index >= 15 is 0 Å². The molecule has 1 atom stereocenters. The smallest absolute Gasteiger partial charge is 0.253 e. The molecule has 0 heterocycles. The van der Waals surface area contributed by atoms with Crippen LogP contribution in [0.25, 0.3) is 0 Å². The van der Waals surface area contributed by atoms with Crippen LogP contribution in [0.4, 0.5) is 5.69 Å². The van der Waals surface area contributed by atoms with Crippen LogP contribution in [0.1, 0.15) is 29.3 Å². The Balaban J connectivity index is 2.61. The molecular weight excluding hydrogens is 216 g/mol. The third kappa shape index (κ3) is 4.07. The molecule has 1 unspecified atom stereocenters. The van der Waals surface area contributed by atoms with Crippen LogP contribution in [0, 0.1) is 12.8 Å². The van der Waals surface area contributed by atoms with Crippen molar-refractivity contribution in [3.63, 3.8) is 0 Å². The number of aliphatic hydroxyl groups excluding tert-OH is 1. The Labute approximate surface area is 102 Å². The fourth-order valence-corrected chi connectivity index (χ4v) is 1.55. The molecule has 1 aromatic carbocycles. The summed E-state index contributed by atoms with van der Waals surface area (Å²) in [5.74, 6) is 0.103. The van der Waals surface area contributed by atoms with Crippen molar-refractivity contribution in [2.75, 3.05) is 18.9 Å². The first kappa shape index (κ1) is 13.5. The lowest BCUT2D eigenvalue weighted by Gasteiger charge is -2.12. The van der Waals surface area contributed by atoms with Gasteiger partial charge in [-0.15, -0.1) is 0 Å². The second-order valence-electron chi connectivity index (χ2n) is 4.42. The maximum atomic E-state index is 11.9. The van der Waals surface area contributed by atoms with Gasteiger partial charge in [0.15, 0.2) is 0 Å². The molecule has 1 amide bonds. The third-order valence-corrected chi connectivity index (χ3v) is 2.69. The summed E-state index contributed by atoms with van der Waals surface area (Å²) in [6.45, 7) is 4.59. The average molecular weight is 236 g/mol. The summed E-state index contributed by atoms with van der Waals surface area (Å²) >= 11 is 0. The van der Waals surface area contributed by atoms with Crippen LogP contribution in [-0.4, -0.2) is 24.2 Å². The number of nitrogens with two attached hydrogens (primary N) is 1. The average Bonchev–Trinajstić information content (AvgIpc) is 2.29. The first-order chi connectivity index (χ1) is 8.04. The molecule has 0 saturated carbocycles. The number of nitrogens with one attached hydrogen (secondary N) is 1. The maximum Gasteiger partial charge on any atom is 0.253 e. The van der Waals surface area contributed by atoms with Gasteiger partial charge in [0.1, 0.15) is 0 Å². The van der Waals surface area contributed by atoms with Crippen LogP contribution < -0.4 is 11.1 Å². The fourth-order valence-electron chi connectivity index (χ4n) is 1.55. The molecule has 4 N–H and O–H groups in total. The zero-order valence-corrected chi connectivity index (χ0v) is 10.4. The van der Waals surface area contributed by atoms with Gasteiger partial charge in [0.2, 0.25) is 0 Å². The predicted octanol–water partition coefficient (Wildman–Crippen LogP) is 1.33. The highest BCUT2D eigenvalue weighted by atomic mass is 16.3. The number of carbonyl (C=O) groups is 1. The lowest BCUT2D eigenvalue weighted by Crippen LogP contribution is -2.29. The molecule has 0 aliphatic rings. The van der Waals surface area contributed by atoms with Crippen LogP contribution in [-0.2, 0) is 0 Å². The number of rotatable bonds is 5. The highest BCUT2D eigenvalue weighted by molar-refractivity contribution is 5.99. The lowest BCUT2D eigenvalue weighted by atomic mass is 10.1. The molecule has 0 saturated heterocycles. The van der Waals surface area contributed by atoms with E-state index in [4.69, 9.17) is 10.8 Å². The van der Waals surface area contributed by atoms with Gasteiger partial charge in [-0.05, 0) is 31.4 Å². The largest absolute Gasteiger partial charge is 0.398 e. The van der Waals surface area contributed by atoms with Crippen LogP contribution in [0.2, 0.25) is 0 Å². The van der Waals surface area contributed by atoms with Gasteiger partial charge in [-0.1, -0.05) is 18.6 Å². The summed E-state index contributed by atoms with van der Waals surface area (Å²) in [6, 6.07) is 5.39. The molecule has 94 valence electrons. The highest BCUT2D eigenvalue weighted by Gasteiger charge is 2.10. The Kier molecular flexibility index (Phi) is 4.97. The summed E-state index contributed by atoms with van der Waals surface area (Å²) < 4.78 is 0. The zero-order valence-electron chi connectivity index (χ0n) is 10.4. The highest BCUT2D eigenvalue weighted by Crippen LogP contribution is 2.13. The number of amides is 1. The summed E-state index contributed by atoms with van der Waals surface area (Å²) in [7, 11) is 0. The summed E-state index contributed by atoms with van der Waals surface area (Å²) in [5, 5.41) is 11.6. The van der Waals surface area contributed by atoms with Crippen molar-refractivity contribution in [3.05, 3.63) is 29.3 Å². The van der Waals surface area contributed by atoms with E-state index in [2.05, 4.69) is 5.32 Å². The van der Waals surface area contributed by atoms with Gasteiger partial charge in [-0.25, -0.2) is 0 Å². The standard InChI is InChI=1S/C13H20N2O2/c1-9-3-4-12(14)11(7-9)13(17)15-8-10(2)5-6-16/h3-4,7,10,16H,5-6,8,14H2,1-2H3,(H,15,17). The van der Waals surface area contributed by atoms with E-state index in [1.165, 1.54) is 0 Å². The van der Waals surface area contributed by atoms with E-state index in [-0.39, 0.29) is 18.4 Å². The molecule has 4 heteroatoms. The monoisotopic (exact) mass is 236 g/mol. The van der Waals surface area contributed by atoms with Gasteiger partial charge in [-0.2, -0.15) is 0 Å². The number of nitrogen functional groups attached to an aromatic ring is 1. The number of anilines is 1. The normalized spacial score (nSPS) is 12.2. The molecule has 0 aromatic heterocycles. The number of benzene rings is 1. The molecule has 4 nitrogen and oxygen atoms in total. The van der Waals surface area contributed by atoms with Gasteiger partial charge in [0.25, 0.3) is 5.91 Å². The van der Waals surface area contributed by atoms with E-state index < -0.39 is 0 Å². The lowest BCUT2D eigenvalue weighted by molar-refractivity contribution is 0.0946. The molecule has 1 rings (SSSR count). The second-order valence-corrected chi connectivity index (χ2v) is 4.42. The molecule has 0 radical (unpaired) electrons. The van der Waals surface area contributed by atoms with E-state index in [9.17, 15) is 4.79 Å². The number of hydrogen-bond acceptors (Lipinski definition) is 3. The van der Waals surface area contributed by atoms with Crippen molar-refractivity contribution in [1.82, 2.24) is 5.32 Å². The van der Waals surface area contributed by atoms with E-state index in [0.717, 1.165) is 5.56 Å². The van der Waals surface area contributed by atoms with E-state index in [1.54, 1.807) is 12.1 Å². The van der Waals surface area contributed by atoms with Gasteiger partial charge in [0.05, 0.1) is 5.56 Å². The molecular formula is C13H20N2O2. The number of aliphatic hydroxyl groups is 1. The minimum atomic E-state index is -0.156. The maximum absolute atomic E-state index is 11.9. The molecule has 0 fully saturated rings. The van der Waals surface area contributed by atoms with Crippen molar-refractivity contribution in [1.29, 1.82) is 0 Å². The van der Waals surface area contributed by atoms with Crippen molar-refractivity contribution >= 4 is 11.6 Å². The van der Waals surface area contributed by atoms with Crippen molar-refractivity contribution in [3.8, 4) is 0 Å². The summed E-state index contributed by atoms with van der Waals surface area (Å²) in [5.41, 5.74) is 7.77. The quantitative estimate of drug-likeness (QED) is 0.675. The first-order valence-electron chi connectivity index (χ1n) is 5.79. The third-order valence-electron chi connectivity index (χ3n) is 2.69. The minimum absolute atomic E-state index is 0.142. The summed E-state index contributed by atoms with van der Waals surface area (Å²) in [6.07, 6.45) is 0.684. The first-order valence-corrected chi connectivity index (χ1v) is 5.79. The fraction of sp³-hybridized carbons (Fsp3) is 0.462. The van der Waals surface area contributed by atoms with Crippen molar-refractivity contribution < 1.29 is 9.90 Å². The Hall–Kier alpha value is -1.55. The van der Waals surface area contributed by atoms with Crippen LogP contribution >= 0.6 is 0 Å². The zero-order chi connectivity index (χ0) is 12.8. The number of hydrogen-bond donors (Lipinski definition) is 3. The van der Waals surface area contributed by atoms with E-state index in [1.807, 2.05) is 19.9 Å². The SMILES string of the molecule is Cc1ccc(N)c(C(=O)NCC(C)CCO)c1. The van der Waals surface area contributed by atoms with Crippen LogP contribution in [0.3, 0.4) is 0 Å². The second kappa shape index (κ2) is 6.25. The Bertz CT molecular complexity index is 391. The van der Waals surface area contributed by atoms with Gasteiger partial charge in [0, 0.05) is 18.8 Å². The molecule has 0 aliphatic carbocycles. The molecule has 1 aromatic rings. The van der Waals surface area contributed by atoms with Gasteiger partial charge in [-0.3, -0.25) is 4.79 Å². The van der Waals surface area contributed by atoms with E-state index in [0.29, 0.717) is 24.2 Å². The van der Waals surface area contributed by atoms with Gasteiger partial charge >= 0.3 is 0 Å². The van der Waals surface area contributed by atoms with Crippen LogP contribution in [0.5, 0.6) is 0 Å². The topological polar surface area (TPSA) is 75.4 Å². The van der Waals surface area contributed by atoms with Crippen molar-refractivity contribution in [2.45, 2.75) is 20.3 Å². The molecule has 17 heavy (non-hydrogen) atoms. The summed E-state index contributed by atoms with van der Waals surface area (Å²) in [4.78, 5) is 11.9. The minimum Gasteiger partial charge on any atom is -0.398 e. The van der Waals surface area contributed by atoms with Crippen LogP contribution in [0.15, 0.2) is 18.2 Å². The predicted molar refractivity (Wildman–Crippen MR) is 68.8 cm³/mol.